The Balaban J connectivity index is 1.63. The van der Waals surface area contributed by atoms with Crippen LogP contribution >= 0.6 is 15.9 Å². The smallest absolute Gasteiger partial charge is 0.224 e. The summed E-state index contributed by atoms with van der Waals surface area (Å²) in [6.07, 6.45) is 4.30. The second-order valence-electron chi connectivity index (χ2n) is 4.95. The van der Waals surface area contributed by atoms with E-state index in [-0.39, 0.29) is 0 Å². The van der Waals surface area contributed by atoms with Crippen LogP contribution in [0.15, 0.2) is 41.1 Å². The predicted octanol–water partition coefficient (Wildman–Crippen LogP) is 3.06. The minimum atomic E-state index is 0.555. The zero-order valence-corrected chi connectivity index (χ0v) is 14.1. The topological polar surface area (TPSA) is 91.4 Å². The Morgan fingerprint density at radius 2 is 2.17 bits per heavy atom. The maximum atomic E-state index is 4.45. The Labute approximate surface area is 142 Å². The number of aryl methyl sites for hydroxylation is 1. The van der Waals surface area contributed by atoms with E-state index in [9.17, 15) is 0 Å². The highest BCUT2D eigenvalue weighted by molar-refractivity contribution is 9.10. The third-order valence-electron chi connectivity index (χ3n) is 3.09. The molecule has 3 heterocycles. The molecule has 3 N–H and O–H groups in total. The number of hydrogen-bond donors (Lipinski definition) is 3. The fourth-order valence-electron chi connectivity index (χ4n) is 1.99. The summed E-state index contributed by atoms with van der Waals surface area (Å²) in [6, 6.07) is 7.79. The fourth-order valence-corrected chi connectivity index (χ4v) is 2.28. The van der Waals surface area contributed by atoms with E-state index in [2.05, 4.69) is 51.7 Å². The van der Waals surface area contributed by atoms with Crippen LogP contribution in [0.3, 0.4) is 0 Å². The Bertz CT molecular complexity index is 773. The summed E-state index contributed by atoms with van der Waals surface area (Å²) < 4.78 is 0.772. The maximum Gasteiger partial charge on any atom is 0.224 e. The molecule has 3 aromatic rings. The van der Waals surface area contributed by atoms with Gasteiger partial charge in [0.1, 0.15) is 0 Å². The molecular formula is C15H16BrN7. The summed E-state index contributed by atoms with van der Waals surface area (Å²) in [7, 11) is 0. The van der Waals surface area contributed by atoms with E-state index in [0.29, 0.717) is 24.1 Å². The zero-order chi connectivity index (χ0) is 16.1. The van der Waals surface area contributed by atoms with Gasteiger partial charge in [-0.2, -0.15) is 10.1 Å². The number of halogens is 1. The molecule has 0 atom stereocenters. The second-order valence-corrected chi connectivity index (χ2v) is 5.80. The first-order valence-corrected chi connectivity index (χ1v) is 7.95. The van der Waals surface area contributed by atoms with Crippen molar-refractivity contribution in [3.8, 4) is 0 Å². The standard InChI is InChI=1S/C15H16BrN7/c1-10-8-13(23-22-10)20-14-12(16)9-19-15(21-14)18-7-5-11-4-2-3-6-17-11/h2-4,6,8-9H,5,7H2,1H3,(H3,18,19,20,21,22,23). The summed E-state index contributed by atoms with van der Waals surface area (Å²) in [5, 5.41) is 13.4. The van der Waals surface area contributed by atoms with E-state index < -0.39 is 0 Å². The molecule has 0 aliphatic carbocycles. The van der Waals surface area contributed by atoms with Crippen molar-refractivity contribution >= 4 is 33.5 Å². The molecule has 0 fully saturated rings. The van der Waals surface area contributed by atoms with Gasteiger partial charge >= 0.3 is 0 Å². The van der Waals surface area contributed by atoms with Gasteiger partial charge in [0.2, 0.25) is 5.95 Å². The van der Waals surface area contributed by atoms with Crippen LogP contribution in [-0.4, -0.2) is 31.7 Å². The van der Waals surface area contributed by atoms with Crippen LogP contribution in [0.4, 0.5) is 17.6 Å². The number of nitrogens with zero attached hydrogens (tertiary/aromatic N) is 4. The summed E-state index contributed by atoms with van der Waals surface area (Å²) in [6.45, 7) is 2.65. The lowest BCUT2D eigenvalue weighted by Crippen LogP contribution is -2.09. The van der Waals surface area contributed by atoms with E-state index in [1.165, 1.54) is 0 Å². The average molecular weight is 374 g/mol. The van der Waals surface area contributed by atoms with Crippen molar-refractivity contribution in [3.63, 3.8) is 0 Å². The monoisotopic (exact) mass is 373 g/mol. The summed E-state index contributed by atoms with van der Waals surface area (Å²) in [5.41, 5.74) is 2.01. The van der Waals surface area contributed by atoms with E-state index in [1.807, 2.05) is 31.2 Å². The van der Waals surface area contributed by atoms with Crippen molar-refractivity contribution in [2.45, 2.75) is 13.3 Å². The molecule has 0 aromatic carbocycles. The van der Waals surface area contributed by atoms with Gasteiger partial charge in [0.15, 0.2) is 11.6 Å². The van der Waals surface area contributed by atoms with Gasteiger partial charge in [-0.15, -0.1) is 0 Å². The van der Waals surface area contributed by atoms with Crippen molar-refractivity contribution in [2.24, 2.45) is 0 Å². The molecular weight excluding hydrogens is 358 g/mol. The lowest BCUT2D eigenvalue weighted by molar-refractivity contribution is 0.940. The zero-order valence-electron chi connectivity index (χ0n) is 12.5. The first kappa shape index (κ1) is 15.4. The molecule has 0 saturated carbocycles. The van der Waals surface area contributed by atoms with Gasteiger partial charge < -0.3 is 10.6 Å². The number of aromatic amines is 1. The SMILES string of the molecule is Cc1cc(Nc2nc(NCCc3ccccn3)ncc2Br)n[nH]1. The van der Waals surface area contributed by atoms with E-state index in [0.717, 1.165) is 22.3 Å². The summed E-state index contributed by atoms with van der Waals surface area (Å²) in [4.78, 5) is 13.0. The van der Waals surface area contributed by atoms with E-state index in [4.69, 9.17) is 0 Å². The van der Waals surface area contributed by atoms with E-state index in [1.54, 1.807) is 12.4 Å². The second kappa shape index (κ2) is 7.19. The minimum Gasteiger partial charge on any atom is -0.354 e. The number of rotatable bonds is 6. The first-order chi connectivity index (χ1) is 11.2. The fraction of sp³-hybridized carbons (Fsp3) is 0.200. The van der Waals surface area contributed by atoms with Gasteiger partial charge in [-0.1, -0.05) is 6.07 Å². The minimum absolute atomic E-state index is 0.555. The Kier molecular flexibility index (Phi) is 4.82. The third kappa shape index (κ3) is 4.26. The van der Waals surface area contributed by atoms with Gasteiger partial charge in [0, 0.05) is 42.8 Å². The molecule has 8 heteroatoms. The Morgan fingerprint density at radius 3 is 2.91 bits per heavy atom. The number of H-pyrrole nitrogens is 1. The van der Waals surface area contributed by atoms with Crippen LogP contribution in [0.1, 0.15) is 11.4 Å². The molecule has 0 spiro atoms. The average Bonchev–Trinajstić information content (AvgIpc) is 2.97. The highest BCUT2D eigenvalue weighted by Gasteiger charge is 2.07. The van der Waals surface area contributed by atoms with Crippen LogP contribution in [0.5, 0.6) is 0 Å². The van der Waals surface area contributed by atoms with Crippen LogP contribution in [0.2, 0.25) is 0 Å². The van der Waals surface area contributed by atoms with Crippen LogP contribution < -0.4 is 10.6 Å². The normalized spacial score (nSPS) is 10.5. The maximum absolute atomic E-state index is 4.45. The first-order valence-electron chi connectivity index (χ1n) is 7.16. The summed E-state index contributed by atoms with van der Waals surface area (Å²) >= 11 is 3.44. The molecule has 118 valence electrons. The van der Waals surface area contributed by atoms with Crippen LogP contribution in [0, 0.1) is 6.92 Å². The van der Waals surface area contributed by atoms with Gasteiger partial charge in [-0.05, 0) is 35.0 Å². The number of aromatic nitrogens is 5. The lowest BCUT2D eigenvalue weighted by atomic mass is 10.3. The lowest BCUT2D eigenvalue weighted by Gasteiger charge is -2.08. The molecule has 0 aliphatic rings. The number of nitrogens with one attached hydrogen (secondary N) is 3. The molecule has 0 unspecified atom stereocenters. The molecule has 7 nitrogen and oxygen atoms in total. The van der Waals surface area contributed by atoms with Crippen molar-refractivity contribution < 1.29 is 0 Å². The van der Waals surface area contributed by atoms with Crippen molar-refractivity contribution in [1.82, 2.24) is 25.1 Å². The molecule has 3 aromatic heterocycles. The summed E-state index contributed by atoms with van der Waals surface area (Å²) in [5.74, 6) is 1.92. The van der Waals surface area contributed by atoms with E-state index >= 15 is 0 Å². The van der Waals surface area contributed by atoms with Crippen LogP contribution in [-0.2, 0) is 6.42 Å². The molecule has 3 rings (SSSR count). The molecule has 0 saturated heterocycles. The number of hydrogen-bond acceptors (Lipinski definition) is 6. The highest BCUT2D eigenvalue weighted by Crippen LogP contribution is 2.23. The molecule has 23 heavy (non-hydrogen) atoms. The molecule has 0 radical (unpaired) electrons. The van der Waals surface area contributed by atoms with Gasteiger partial charge in [-0.3, -0.25) is 10.1 Å². The van der Waals surface area contributed by atoms with Gasteiger partial charge in [0.25, 0.3) is 0 Å². The molecule has 0 bridgehead atoms. The number of pyridine rings is 1. The highest BCUT2D eigenvalue weighted by atomic mass is 79.9. The molecule has 0 amide bonds. The Morgan fingerprint density at radius 1 is 1.26 bits per heavy atom. The van der Waals surface area contributed by atoms with Gasteiger partial charge in [-0.25, -0.2) is 4.98 Å². The van der Waals surface area contributed by atoms with Crippen LogP contribution in [0.25, 0.3) is 0 Å². The predicted molar refractivity (Wildman–Crippen MR) is 92.8 cm³/mol. The quantitative estimate of drug-likeness (QED) is 0.614. The molecule has 0 aliphatic heterocycles. The third-order valence-corrected chi connectivity index (χ3v) is 3.67. The number of anilines is 3. The van der Waals surface area contributed by atoms with Crippen molar-refractivity contribution in [1.29, 1.82) is 0 Å². The Hall–Kier alpha value is -2.48. The largest absolute Gasteiger partial charge is 0.354 e. The van der Waals surface area contributed by atoms with Gasteiger partial charge in [0.05, 0.1) is 4.47 Å². The van der Waals surface area contributed by atoms with Crippen molar-refractivity contribution in [3.05, 3.63) is 52.5 Å². The van der Waals surface area contributed by atoms with Crippen molar-refractivity contribution in [2.75, 3.05) is 17.2 Å².